The van der Waals surface area contributed by atoms with E-state index >= 15 is 0 Å². The van der Waals surface area contributed by atoms with E-state index in [-0.39, 0.29) is 0 Å². The van der Waals surface area contributed by atoms with Crippen molar-refractivity contribution in [3.8, 4) is 22.6 Å². The van der Waals surface area contributed by atoms with Crippen LogP contribution in [0, 0.1) is 27.7 Å². The summed E-state index contributed by atoms with van der Waals surface area (Å²) in [6, 6.07) is 10.8. The van der Waals surface area contributed by atoms with Crippen molar-refractivity contribution in [1.29, 1.82) is 0 Å². The number of rotatable bonds is 3. The lowest BCUT2D eigenvalue weighted by atomic mass is 9.93. The number of benzene rings is 2. The van der Waals surface area contributed by atoms with E-state index in [1.165, 1.54) is 33.4 Å². The van der Waals surface area contributed by atoms with Crippen LogP contribution in [0.25, 0.3) is 22.6 Å². The summed E-state index contributed by atoms with van der Waals surface area (Å²) >= 11 is 0. The van der Waals surface area contributed by atoms with Crippen molar-refractivity contribution >= 4 is 0 Å². The number of imidazole rings is 1. The molecule has 23 heavy (non-hydrogen) atoms. The quantitative estimate of drug-likeness (QED) is 0.676. The summed E-state index contributed by atoms with van der Waals surface area (Å²) < 4.78 is 0. The highest BCUT2D eigenvalue weighted by molar-refractivity contribution is 5.70. The standard InChI is InChI=1S/C21H24N2/c1-6-17-8-7-9-18(11-17)21-22-12-20(23-21)19-10-13(2)14(3)15(4)16(19)5/h7-12H,6H2,1-5H3,(H,22,23). The van der Waals surface area contributed by atoms with Crippen LogP contribution in [-0.4, -0.2) is 9.97 Å². The number of nitrogens with zero attached hydrogens (tertiary/aromatic N) is 1. The second kappa shape index (κ2) is 6.04. The van der Waals surface area contributed by atoms with E-state index in [0.717, 1.165) is 23.5 Å². The zero-order chi connectivity index (χ0) is 16.6. The molecule has 0 spiro atoms. The predicted molar refractivity (Wildman–Crippen MR) is 97.8 cm³/mol. The van der Waals surface area contributed by atoms with Gasteiger partial charge in [-0.2, -0.15) is 0 Å². The van der Waals surface area contributed by atoms with Crippen molar-refractivity contribution in [1.82, 2.24) is 9.97 Å². The Hall–Kier alpha value is -2.35. The van der Waals surface area contributed by atoms with Gasteiger partial charge in [-0.25, -0.2) is 4.98 Å². The minimum atomic E-state index is 0.936. The van der Waals surface area contributed by atoms with E-state index in [1.807, 2.05) is 6.20 Å². The van der Waals surface area contributed by atoms with Crippen LogP contribution in [0.2, 0.25) is 0 Å². The molecular weight excluding hydrogens is 280 g/mol. The zero-order valence-corrected chi connectivity index (χ0v) is 14.6. The highest BCUT2D eigenvalue weighted by Gasteiger charge is 2.12. The molecule has 0 saturated heterocycles. The molecule has 118 valence electrons. The van der Waals surface area contributed by atoms with Crippen LogP contribution in [0.4, 0.5) is 0 Å². The molecule has 2 nitrogen and oxygen atoms in total. The average Bonchev–Trinajstić information content (AvgIpc) is 3.06. The first-order valence-electron chi connectivity index (χ1n) is 8.23. The number of H-pyrrole nitrogens is 1. The smallest absolute Gasteiger partial charge is 0.137 e. The van der Waals surface area contributed by atoms with Crippen molar-refractivity contribution in [2.24, 2.45) is 0 Å². The van der Waals surface area contributed by atoms with Crippen molar-refractivity contribution in [2.75, 3.05) is 0 Å². The number of aromatic nitrogens is 2. The Kier molecular flexibility index (Phi) is 4.08. The molecule has 0 atom stereocenters. The molecule has 0 radical (unpaired) electrons. The first-order chi connectivity index (χ1) is 11.0. The summed E-state index contributed by atoms with van der Waals surface area (Å²) in [4.78, 5) is 8.11. The van der Waals surface area contributed by atoms with Crippen LogP contribution in [0.1, 0.15) is 34.7 Å². The average molecular weight is 304 g/mol. The molecule has 2 aromatic carbocycles. The Labute approximate surface area is 138 Å². The minimum absolute atomic E-state index is 0.936. The monoisotopic (exact) mass is 304 g/mol. The van der Waals surface area contributed by atoms with Crippen LogP contribution in [0.15, 0.2) is 36.5 Å². The molecule has 1 aromatic heterocycles. The van der Waals surface area contributed by atoms with Gasteiger partial charge in [0.15, 0.2) is 0 Å². The predicted octanol–water partition coefficient (Wildman–Crippen LogP) is 5.54. The molecule has 1 heterocycles. The molecule has 0 aliphatic heterocycles. The van der Waals surface area contributed by atoms with Gasteiger partial charge in [0, 0.05) is 11.1 Å². The summed E-state index contributed by atoms with van der Waals surface area (Å²) in [6.45, 7) is 10.9. The lowest BCUT2D eigenvalue weighted by Gasteiger charge is -2.13. The van der Waals surface area contributed by atoms with Crippen molar-refractivity contribution < 1.29 is 0 Å². The zero-order valence-electron chi connectivity index (χ0n) is 14.6. The van der Waals surface area contributed by atoms with Gasteiger partial charge < -0.3 is 4.98 Å². The van der Waals surface area contributed by atoms with Gasteiger partial charge in [0.05, 0.1) is 11.9 Å². The van der Waals surface area contributed by atoms with Crippen molar-refractivity contribution in [3.63, 3.8) is 0 Å². The number of aryl methyl sites for hydroxylation is 2. The summed E-state index contributed by atoms with van der Waals surface area (Å²) in [6.07, 6.45) is 2.99. The third-order valence-corrected chi connectivity index (χ3v) is 4.96. The fraction of sp³-hybridized carbons (Fsp3) is 0.286. The molecule has 1 N–H and O–H groups in total. The number of nitrogens with one attached hydrogen (secondary N) is 1. The molecule has 3 aromatic rings. The summed E-state index contributed by atoms with van der Waals surface area (Å²) in [5, 5.41) is 0. The third kappa shape index (κ3) is 2.81. The molecule has 0 fully saturated rings. The molecule has 0 amide bonds. The number of aromatic amines is 1. The molecule has 3 rings (SSSR count). The molecule has 0 bridgehead atoms. The largest absolute Gasteiger partial charge is 0.338 e. The Bertz CT molecular complexity index is 856. The maximum atomic E-state index is 4.61. The van der Waals surface area contributed by atoms with Crippen LogP contribution in [-0.2, 0) is 6.42 Å². The molecule has 2 heteroatoms. The van der Waals surface area contributed by atoms with Gasteiger partial charge in [-0.05, 0) is 74.1 Å². The first kappa shape index (κ1) is 15.5. The van der Waals surface area contributed by atoms with Gasteiger partial charge >= 0.3 is 0 Å². The van der Waals surface area contributed by atoms with Gasteiger partial charge in [-0.1, -0.05) is 25.1 Å². The molecule has 0 unspecified atom stereocenters. The minimum Gasteiger partial charge on any atom is -0.338 e. The van der Waals surface area contributed by atoms with E-state index < -0.39 is 0 Å². The molecule has 0 aliphatic carbocycles. The van der Waals surface area contributed by atoms with Crippen molar-refractivity contribution in [3.05, 3.63) is 64.3 Å². The van der Waals surface area contributed by atoms with Gasteiger partial charge in [0.2, 0.25) is 0 Å². The van der Waals surface area contributed by atoms with Gasteiger partial charge in [-0.3, -0.25) is 0 Å². The summed E-state index contributed by atoms with van der Waals surface area (Å²) in [7, 11) is 0. The van der Waals surface area contributed by atoms with Gasteiger partial charge in [0.1, 0.15) is 5.82 Å². The Morgan fingerprint density at radius 2 is 1.74 bits per heavy atom. The Balaban J connectivity index is 2.06. The molecular formula is C21H24N2. The Morgan fingerprint density at radius 3 is 2.48 bits per heavy atom. The maximum Gasteiger partial charge on any atom is 0.137 e. The van der Waals surface area contributed by atoms with Gasteiger partial charge in [-0.15, -0.1) is 0 Å². The van der Waals surface area contributed by atoms with Crippen LogP contribution in [0.3, 0.4) is 0 Å². The Morgan fingerprint density at radius 1 is 0.957 bits per heavy atom. The molecule has 0 saturated carbocycles. The van der Waals surface area contributed by atoms with Crippen LogP contribution >= 0.6 is 0 Å². The van der Waals surface area contributed by atoms with E-state index in [0.29, 0.717) is 0 Å². The maximum absolute atomic E-state index is 4.61. The lowest BCUT2D eigenvalue weighted by Crippen LogP contribution is -1.94. The molecule has 0 aliphatic rings. The van der Waals surface area contributed by atoms with Crippen LogP contribution in [0.5, 0.6) is 0 Å². The topological polar surface area (TPSA) is 28.7 Å². The normalized spacial score (nSPS) is 11.0. The second-order valence-corrected chi connectivity index (χ2v) is 6.32. The van der Waals surface area contributed by atoms with E-state index in [2.05, 4.69) is 74.9 Å². The third-order valence-electron chi connectivity index (χ3n) is 4.96. The lowest BCUT2D eigenvalue weighted by molar-refractivity contribution is 1.14. The number of hydrogen-bond donors (Lipinski definition) is 1. The fourth-order valence-electron chi connectivity index (χ4n) is 3.04. The van der Waals surface area contributed by atoms with E-state index in [9.17, 15) is 0 Å². The van der Waals surface area contributed by atoms with E-state index in [1.54, 1.807) is 0 Å². The SMILES string of the molecule is CCc1cccc(-c2ncc(-c3cc(C)c(C)c(C)c3C)[nH]2)c1. The summed E-state index contributed by atoms with van der Waals surface area (Å²) in [5.74, 6) is 0.936. The first-order valence-corrected chi connectivity index (χ1v) is 8.23. The van der Waals surface area contributed by atoms with Gasteiger partial charge in [0.25, 0.3) is 0 Å². The van der Waals surface area contributed by atoms with Crippen molar-refractivity contribution in [2.45, 2.75) is 41.0 Å². The second-order valence-electron chi connectivity index (χ2n) is 6.32. The number of hydrogen-bond acceptors (Lipinski definition) is 1. The van der Waals surface area contributed by atoms with Crippen LogP contribution < -0.4 is 0 Å². The summed E-state index contributed by atoms with van der Waals surface area (Å²) in [5.41, 5.74) is 10.2. The highest BCUT2D eigenvalue weighted by Crippen LogP contribution is 2.30. The van der Waals surface area contributed by atoms with E-state index in [4.69, 9.17) is 0 Å². The fourth-order valence-corrected chi connectivity index (χ4v) is 3.04. The highest BCUT2D eigenvalue weighted by atomic mass is 14.9.